The van der Waals surface area contributed by atoms with Crippen LogP contribution in [0.4, 0.5) is 20.6 Å². The lowest BCUT2D eigenvalue weighted by Gasteiger charge is -2.37. The molecule has 3 aromatic rings. The SMILES string of the molecule is CC(C)NC(=O)N1CCC(Oc2cc3c(cc2-c2ccc(F)c(C(=O)O)c2)S(=O)(=O)N(C)C(C2CCCCC2)CN3c2ccccc2)CC1. The summed E-state index contributed by atoms with van der Waals surface area (Å²) in [5.74, 6) is -1.76. The molecule has 49 heavy (non-hydrogen) atoms. The van der Waals surface area contributed by atoms with Gasteiger partial charge in [-0.15, -0.1) is 0 Å². The maximum absolute atomic E-state index is 14.6. The van der Waals surface area contributed by atoms with Crippen molar-refractivity contribution in [1.29, 1.82) is 0 Å². The third-order valence-electron chi connectivity index (χ3n) is 10.1. The smallest absolute Gasteiger partial charge is 0.338 e. The summed E-state index contributed by atoms with van der Waals surface area (Å²) in [7, 11) is -2.39. The number of piperidine rings is 1. The molecular weight excluding hydrogens is 647 g/mol. The highest BCUT2D eigenvalue weighted by Crippen LogP contribution is 2.46. The lowest BCUT2D eigenvalue weighted by Crippen LogP contribution is -2.48. The molecule has 2 aliphatic heterocycles. The molecule has 262 valence electrons. The van der Waals surface area contributed by atoms with Gasteiger partial charge in [-0.05, 0) is 68.5 Å². The number of halogens is 1. The maximum Gasteiger partial charge on any atom is 0.338 e. The van der Waals surface area contributed by atoms with Gasteiger partial charge in [-0.1, -0.05) is 43.5 Å². The Bertz CT molecular complexity index is 1790. The molecular formula is C37H45FN4O6S. The van der Waals surface area contributed by atoms with Crippen LogP contribution < -0.4 is 15.0 Å². The fourth-order valence-electron chi connectivity index (χ4n) is 7.39. The molecule has 0 radical (unpaired) electrons. The number of amides is 2. The first-order chi connectivity index (χ1) is 23.4. The Balaban J connectivity index is 1.47. The van der Waals surface area contributed by atoms with Crippen LogP contribution >= 0.6 is 0 Å². The summed E-state index contributed by atoms with van der Waals surface area (Å²) in [5.41, 5.74) is 1.45. The van der Waals surface area contributed by atoms with Crippen molar-refractivity contribution in [2.75, 3.05) is 31.6 Å². The van der Waals surface area contributed by atoms with Crippen molar-refractivity contribution >= 4 is 33.4 Å². The summed E-state index contributed by atoms with van der Waals surface area (Å²) in [6.07, 6.45) is 5.94. The van der Waals surface area contributed by atoms with Gasteiger partial charge in [0, 0.05) is 68.9 Å². The molecule has 2 N–H and O–H groups in total. The highest BCUT2D eigenvalue weighted by atomic mass is 32.2. The number of carbonyl (C=O) groups excluding carboxylic acids is 1. The topological polar surface area (TPSA) is 119 Å². The van der Waals surface area contributed by atoms with E-state index in [2.05, 4.69) is 10.2 Å². The Hall–Kier alpha value is -4.16. The van der Waals surface area contributed by atoms with E-state index in [1.54, 1.807) is 24.1 Å². The molecule has 1 saturated carbocycles. The predicted octanol–water partition coefficient (Wildman–Crippen LogP) is 6.87. The van der Waals surface area contributed by atoms with Gasteiger partial charge in [0.2, 0.25) is 10.0 Å². The number of nitrogens with zero attached hydrogens (tertiary/aromatic N) is 3. The number of fused-ring (bicyclic) bond motifs is 1. The van der Waals surface area contributed by atoms with E-state index in [4.69, 9.17) is 4.74 Å². The number of carbonyl (C=O) groups is 2. The predicted molar refractivity (Wildman–Crippen MR) is 186 cm³/mol. The van der Waals surface area contributed by atoms with Crippen molar-refractivity contribution in [3.63, 3.8) is 0 Å². The van der Waals surface area contributed by atoms with Gasteiger partial charge in [-0.25, -0.2) is 22.4 Å². The van der Waals surface area contributed by atoms with Crippen LogP contribution in [-0.2, 0) is 10.0 Å². The first-order valence-corrected chi connectivity index (χ1v) is 18.6. The highest BCUT2D eigenvalue weighted by Gasteiger charge is 2.41. The van der Waals surface area contributed by atoms with E-state index in [0.717, 1.165) is 43.9 Å². The molecule has 2 heterocycles. The first kappa shape index (κ1) is 34.7. The lowest BCUT2D eigenvalue weighted by molar-refractivity contribution is 0.0691. The number of nitrogens with one attached hydrogen (secondary N) is 1. The van der Waals surface area contributed by atoms with Crippen molar-refractivity contribution < 1.29 is 32.2 Å². The fraction of sp³-hybridized carbons (Fsp3) is 0.459. The molecule has 6 rings (SSSR count). The molecule has 10 nitrogen and oxygen atoms in total. The number of benzene rings is 3. The molecule has 3 aliphatic rings. The van der Waals surface area contributed by atoms with Gasteiger partial charge in [0.05, 0.1) is 11.3 Å². The molecule has 3 aromatic carbocycles. The zero-order valence-corrected chi connectivity index (χ0v) is 29.1. The number of carboxylic acids is 1. The van der Waals surface area contributed by atoms with Crippen molar-refractivity contribution in [2.24, 2.45) is 5.92 Å². The number of rotatable bonds is 7. The molecule has 0 bridgehead atoms. The third kappa shape index (κ3) is 7.26. The summed E-state index contributed by atoms with van der Waals surface area (Å²) < 4.78 is 52.0. The molecule has 1 aliphatic carbocycles. The number of carboxylic acid groups (broad SMARTS) is 1. The van der Waals surface area contributed by atoms with Crippen molar-refractivity contribution in [2.45, 2.75) is 81.9 Å². The lowest BCUT2D eigenvalue weighted by atomic mass is 9.83. The van der Waals surface area contributed by atoms with E-state index in [9.17, 15) is 27.5 Å². The van der Waals surface area contributed by atoms with E-state index in [0.29, 0.717) is 55.0 Å². The average molecular weight is 693 g/mol. The van der Waals surface area contributed by atoms with E-state index < -0.39 is 27.4 Å². The molecule has 2 amide bonds. The number of ether oxygens (including phenoxy) is 1. The number of sulfonamides is 1. The van der Waals surface area contributed by atoms with Crippen LogP contribution in [0, 0.1) is 11.7 Å². The first-order valence-electron chi connectivity index (χ1n) is 17.2. The molecule has 12 heteroatoms. The van der Waals surface area contributed by atoms with E-state index >= 15 is 0 Å². The van der Waals surface area contributed by atoms with E-state index in [-0.39, 0.29) is 35.0 Å². The molecule has 1 saturated heterocycles. The van der Waals surface area contributed by atoms with E-state index in [1.807, 2.05) is 44.2 Å². The van der Waals surface area contributed by atoms with Crippen molar-refractivity contribution in [1.82, 2.24) is 14.5 Å². The maximum atomic E-state index is 14.6. The van der Waals surface area contributed by atoms with Crippen LogP contribution in [0.1, 0.15) is 69.2 Å². The average Bonchev–Trinajstić information content (AvgIpc) is 3.17. The van der Waals surface area contributed by atoms with Gasteiger partial charge >= 0.3 is 12.0 Å². The number of anilines is 2. The van der Waals surface area contributed by atoms with Crippen LogP contribution in [0.3, 0.4) is 0 Å². The van der Waals surface area contributed by atoms with Gasteiger partial charge in [-0.2, -0.15) is 4.31 Å². The quantitative estimate of drug-likeness (QED) is 0.277. The van der Waals surface area contributed by atoms with Crippen molar-refractivity contribution in [3.8, 4) is 16.9 Å². The number of aromatic carboxylic acids is 1. The second-order valence-electron chi connectivity index (χ2n) is 13.7. The summed E-state index contributed by atoms with van der Waals surface area (Å²) in [6, 6.07) is 16.3. The van der Waals surface area contributed by atoms with Crippen LogP contribution in [-0.4, -0.2) is 79.6 Å². The summed E-state index contributed by atoms with van der Waals surface area (Å²) in [6.45, 7) is 5.21. The normalized spacial score (nSPS) is 20.5. The zero-order chi connectivity index (χ0) is 34.9. The number of hydrogen-bond donors (Lipinski definition) is 2. The number of urea groups is 1. The van der Waals surface area contributed by atoms with Gasteiger partial charge < -0.3 is 25.0 Å². The molecule has 0 aromatic heterocycles. The zero-order valence-electron chi connectivity index (χ0n) is 28.3. The largest absolute Gasteiger partial charge is 0.490 e. The van der Waals surface area contributed by atoms with Crippen LogP contribution in [0.25, 0.3) is 11.1 Å². The second kappa shape index (κ2) is 14.4. The Kier molecular flexibility index (Phi) is 10.2. The van der Waals surface area contributed by atoms with Gasteiger partial charge in [0.15, 0.2) is 0 Å². The summed E-state index contributed by atoms with van der Waals surface area (Å²) >= 11 is 0. The number of para-hydroxylation sites is 1. The Morgan fingerprint density at radius 2 is 1.65 bits per heavy atom. The Labute approximate surface area is 287 Å². The fourth-order valence-corrected chi connectivity index (χ4v) is 9.00. The molecule has 2 fully saturated rings. The summed E-state index contributed by atoms with van der Waals surface area (Å²) in [5, 5.41) is 12.7. The van der Waals surface area contributed by atoms with E-state index in [1.165, 1.54) is 16.4 Å². The highest BCUT2D eigenvalue weighted by molar-refractivity contribution is 7.89. The van der Waals surface area contributed by atoms with Crippen molar-refractivity contribution in [3.05, 3.63) is 72.0 Å². The van der Waals surface area contributed by atoms with Gasteiger partial charge in [-0.3, -0.25) is 0 Å². The number of likely N-dealkylation sites (tertiary alicyclic amines) is 1. The standard InChI is InChI=1S/C37H45FN4O6S/c1-24(2)39-37(45)41-18-16-28(17-19-41)48-34-22-32-35(21-29(34)26-14-15-31(38)30(20-26)36(43)44)49(46,47)40(3)33(25-10-6-4-7-11-25)23-42(32)27-12-8-5-9-13-27/h5,8-9,12-15,20-22,24-25,28,33H,4,6-7,10-11,16-19,23H2,1-3H3,(H,39,45)(H,43,44). The van der Waals surface area contributed by atoms with Gasteiger partial charge in [0.25, 0.3) is 0 Å². The minimum Gasteiger partial charge on any atom is -0.490 e. The molecule has 0 spiro atoms. The minimum atomic E-state index is -4.04. The summed E-state index contributed by atoms with van der Waals surface area (Å²) in [4.78, 5) is 28.5. The Morgan fingerprint density at radius 1 is 0.959 bits per heavy atom. The Morgan fingerprint density at radius 3 is 2.31 bits per heavy atom. The molecule has 1 atom stereocenters. The number of likely N-dealkylation sites (N-methyl/N-ethyl adjacent to an activating group) is 1. The van der Waals surface area contributed by atoms with Crippen LogP contribution in [0.2, 0.25) is 0 Å². The molecule has 1 unspecified atom stereocenters. The number of hydrogen-bond acceptors (Lipinski definition) is 6. The minimum absolute atomic E-state index is 0.00982. The monoisotopic (exact) mass is 692 g/mol. The van der Waals surface area contributed by atoms with Gasteiger partial charge in [0.1, 0.15) is 22.6 Å². The van der Waals surface area contributed by atoms with Crippen LogP contribution in [0.5, 0.6) is 5.75 Å². The second-order valence-corrected chi connectivity index (χ2v) is 15.6. The third-order valence-corrected chi connectivity index (χ3v) is 12.0. The van der Waals surface area contributed by atoms with Crippen LogP contribution in [0.15, 0.2) is 65.6 Å².